The summed E-state index contributed by atoms with van der Waals surface area (Å²) in [7, 11) is -0.638. The van der Waals surface area contributed by atoms with E-state index in [4.69, 9.17) is 5.73 Å². The fourth-order valence-corrected chi connectivity index (χ4v) is 3.33. The lowest BCUT2D eigenvalue weighted by Gasteiger charge is -2.13. The first-order chi connectivity index (χ1) is 9.80. The van der Waals surface area contributed by atoms with E-state index in [1.807, 2.05) is 0 Å². The highest BCUT2D eigenvalue weighted by molar-refractivity contribution is 7.99. The fourth-order valence-electron chi connectivity index (χ4n) is 1.48. The van der Waals surface area contributed by atoms with Gasteiger partial charge in [0.1, 0.15) is 0 Å². The van der Waals surface area contributed by atoms with Gasteiger partial charge in [-0.1, -0.05) is 0 Å². The number of sulfonamides is 1. The number of nitrogens with two attached hydrogens (primary N) is 1. The Morgan fingerprint density at radius 1 is 1.29 bits per heavy atom. The lowest BCUT2D eigenvalue weighted by molar-refractivity contribution is 0.520. The predicted molar refractivity (Wildman–Crippen MR) is 80.7 cm³/mol. The highest BCUT2D eigenvalue weighted by atomic mass is 32.2. The zero-order chi connectivity index (χ0) is 15.6. The van der Waals surface area contributed by atoms with E-state index in [0.29, 0.717) is 15.7 Å². The third-order valence-electron chi connectivity index (χ3n) is 2.62. The monoisotopic (exact) mass is 326 g/mol. The van der Waals surface area contributed by atoms with Crippen LogP contribution in [0.1, 0.15) is 0 Å². The minimum atomic E-state index is -3.54. The van der Waals surface area contributed by atoms with Crippen molar-refractivity contribution in [3.8, 4) is 0 Å². The van der Waals surface area contributed by atoms with Gasteiger partial charge in [0, 0.05) is 36.9 Å². The van der Waals surface area contributed by atoms with Crippen molar-refractivity contribution in [1.82, 2.24) is 14.3 Å². The number of hydrogen-bond acceptors (Lipinski definition) is 6. The fraction of sp³-hybridized carbons (Fsp3) is 0.167. The van der Waals surface area contributed by atoms with E-state index < -0.39 is 10.0 Å². The van der Waals surface area contributed by atoms with Gasteiger partial charge in [-0.15, -0.1) is 0 Å². The molecule has 112 valence electrons. The van der Waals surface area contributed by atoms with Crippen LogP contribution >= 0.6 is 11.8 Å². The molecule has 9 heteroatoms. The van der Waals surface area contributed by atoms with Gasteiger partial charge in [0.25, 0.3) is 5.56 Å². The topological polar surface area (TPSA) is 109 Å². The van der Waals surface area contributed by atoms with Crippen LogP contribution in [-0.4, -0.2) is 36.8 Å². The minimum absolute atomic E-state index is 0.127. The highest BCUT2D eigenvalue weighted by Gasteiger charge is 2.18. The van der Waals surface area contributed by atoms with Crippen LogP contribution in [0, 0.1) is 0 Å². The van der Waals surface area contributed by atoms with E-state index in [-0.39, 0.29) is 10.5 Å². The Labute approximate surface area is 126 Å². The molecule has 21 heavy (non-hydrogen) atoms. The van der Waals surface area contributed by atoms with Crippen molar-refractivity contribution in [1.29, 1.82) is 0 Å². The molecule has 0 aliphatic carbocycles. The van der Waals surface area contributed by atoms with Crippen molar-refractivity contribution in [2.45, 2.75) is 14.9 Å². The number of aromatic amines is 1. The van der Waals surface area contributed by atoms with Gasteiger partial charge in [-0.2, -0.15) is 0 Å². The van der Waals surface area contributed by atoms with Crippen LogP contribution in [0.25, 0.3) is 0 Å². The first kappa shape index (κ1) is 15.5. The SMILES string of the molecule is CN(C)S(=O)(=O)c1ccc(N)c(Sc2nccc(=O)[nH]2)c1. The zero-order valence-corrected chi connectivity index (χ0v) is 13.0. The quantitative estimate of drug-likeness (QED) is 0.634. The Bertz CT molecular complexity index is 815. The molecule has 2 aromatic rings. The second-order valence-electron chi connectivity index (χ2n) is 4.33. The molecule has 1 aromatic heterocycles. The predicted octanol–water partition coefficient (Wildman–Crippen LogP) is 0.754. The van der Waals surface area contributed by atoms with Gasteiger partial charge >= 0.3 is 0 Å². The third kappa shape index (κ3) is 3.43. The Balaban J connectivity index is 2.43. The van der Waals surface area contributed by atoms with Crippen LogP contribution in [0.4, 0.5) is 5.69 Å². The van der Waals surface area contributed by atoms with Crippen LogP contribution < -0.4 is 11.3 Å². The van der Waals surface area contributed by atoms with E-state index in [9.17, 15) is 13.2 Å². The summed E-state index contributed by atoms with van der Waals surface area (Å²) < 4.78 is 25.3. The van der Waals surface area contributed by atoms with Gasteiger partial charge in [-0.25, -0.2) is 17.7 Å². The van der Waals surface area contributed by atoms with Crippen LogP contribution in [0.5, 0.6) is 0 Å². The summed E-state index contributed by atoms with van der Waals surface area (Å²) in [6, 6.07) is 5.71. The average molecular weight is 326 g/mol. The van der Waals surface area contributed by atoms with Crippen LogP contribution in [0.2, 0.25) is 0 Å². The number of nitrogen functional groups attached to an aromatic ring is 1. The van der Waals surface area contributed by atoms with Crippen LogP contribution in [0.15, 0.2) is 50.2 Å². The van der Waals surface area contributed by atoms with Crippen molar-refractivity contribution < 1.29 is 8.42 Å². The molecular formula is C12H14N4O3S2. The molecule has 3 N–H and O–H groups in total. The second-order valence-corrected chi connectivity index (χ2v) is 7.51. The van der Waals surface area contributed by atoms with E-state index in [0.717, 1.165) is 16.1 Å². The second kappa shape index (κ2) is 5.88. The Morgan fingerprint density at radius 3 is 2.62 bits per heavy atom. The Morgan fingerprint density at radius 2 is 2.00 bits per heavy atom. The molecule has 0 bridgehead atoms. The highest BCUT2D eigenvalue weighted by Crippen LogP contribution is 2.31. The lowest BCUT2D eigenvalue weighted by Crippen LogP contribution is -2.22. The number of anilines is 1. The van der Waals surface area contributed by atoms with Gasteiger partial charge in [0.2, 0.25) is 10.0 Å². The number of nitrogens with one attached hydrogen (secondary N) is 1. The van der Waals surface area contributed by atoms with Gasteiger partial charge in [-0.3, -0.25) is 4.79 Å². The van der Waals surface area contributed by atoms with Crippen molar-refractivity contribution >= 4 is 27.5 Å². The summed E-state index contributed by atoms with van der Waals surface area (Å²) in [5.74, 6) is 0. The standard InChI is InChI=1S/C12H14N4O3S2/c1-16(2)21(18,19)8-3-4-9(13)10(7-8)20-12-14-6-5-11(17)15-12/h3-7H,13H2,1-2H3,(H,14,15,17). The summed E-state index contributed by atoms with van der Waals surface area (Å²) in [5, 5.41) is 0.341. The molecule has 1 aromatic carbocycles. The molecule has 2 rings (SSSR count). The number of rotatable bonds is 4. The summed E-state index contributed by atoms with van der Waals surface area (Å²) >= 11 is 1.10. The van der Waals surface area contributed by atoms with Crippen LogP contribution in [-0.2, 0) is 10.0 Å². The van der Waals surface area contributed by atoms with Gasteiger partial charge in [0.15, 0.2) is 5.16 Å². The first-order valence-corrected chi connectivity index (χ1v) is 8.11. The Kier molecular flexibility index (Phi) is 4.35. The molecule has 0 unspecified atom stereocenters. The molecule has 0 fully saturated rings. The van der Waals surface area contributed by atoms with Crippen molar-refractivity contribution in [3.63, 3.8) is 0 Å². The first-order valence-electron chi connectivity index (χ1n) is 5.86. The molecule has 0 aliphatic heterocycles. The molecule has 0 radical (unpaired) electrons. The molecular weight excluding hydrogens is 312 g/mol. The maximum absolute atomic E-state index is 12.1. The number of aromatic nitrogens is 2. The van der Waals surface area contributed by atoms with Gasteiger partial charge < -0.3 is 10.7 Å². The molecule has 0 atom stereocenters. The maximum Gasteiger partial charge on any atom is 0.251 e. The summed E-state index contributed by atoms with van der Waals surface area (Å²) in [4.78, 5) is 18.4. The van der Waals surface area contributed by atoms with Crippen LogP contribution in [0.3, 0.4) is 0 Å². The smallest absolute Gasteiger partial charge is 0.251 e. The van der Waals surface area contributed by atoms with Crippen molar-refractivity contribution in [3.05, 3.63) is 40.8 Å². The molecule has 0 aliphatic rings. The number of benzene rings is 1. The third-order valence-corrected chi connectivity index (χ3v) is 5.40. The summed E-state index contributed by atoms with van der Waals surface area (Å²) in [6.07, 6.45) is 1.37. The van der Waals surface area contributed by atoms with E-state index in [2.05, 4.69) is 9.97 Å². The van der Waals surface area contributed by atoms with Gasteiger partial charge in [-0.05, 0) is 30.0 Å². The van der Waals surface area contributed by atoms with Crippen molar-refractivity contribution in [2.75, 3.05) is 19.8 Å². The zero-order valence-electron chi connectivity index (χ0n) is 11.4. The average Bonchev–Trinajstić information content (AvgIpc) is 2.41. The Hall–Kier alpha value is -1.84. The maximum atomic E-state index is 12.1. The van der Waals surface area contributed by atoms with E-state index >= 15 is 0 Å². The normalized spacial score (nSPS) is 11.8. The molecule has 7 nitrogen and oxygen atoms in total. The number of H-pyrrole nitrogens is 1. The van der Waals surface area contributed by atoms with Gasteiger partial charge in [0.05, 0.1) is 4.90 Å². The molecule has 0 saturated carbocycles. The molecule has 0 spiro atoms. The largest absolute Gasteiger partial charge is 0.398 e. The summed E-state index contributed by atoms with van der Waals surface area (Å²) in [6.45, 7) is 0. The van der Waals surface area contributed by atoms with E-state index in [1.165, 1.54) is 44.6 Å². The molecule has 0 saturated heterocycles. The number of nitrogens with zero attached hydrogens (tertiary/aromatic N) is 2. The summed E-state index contributed by atoms with van der Waals surface area (Å²) in [5.41, 5.74) is 5.96. The lowest BCUT2D eigenvalue weighted by atomic mass is 10.3. The van der Waals surface area contributed by atoms with Crippen molar-refractivity contribution in [2.24, 2.45) is 0 Å². The minimum Gasteiger partial charge on any atom is -0.398 e. The molecule has 1 heterocycles. The van der Waals surface area contributed by atoms with E-state index in [1.54, 1.807) is 0 Å². The molecule has 0 amide bonds. The number of hydrogen-bond donors (Lipinski definition) is 2.